The van der Waals surface area contributed by atoms with E-state index in [0.717, 1.165) is 25.7 Å². The number of rotatable bonds is 11. The second kappa shape index (κ2) is 10.3. The van der Waals surface area contributed by atoms with E-state index in [0.29, 0.717) is 37.9 Å². The van der Waals surface area contributed by atoms with E-state index in [1.807, 2.05) is 0 Å². The first-order valence-corrected chi connectivity index (χ1v) is 10.0. The van der Waals surface area contributed by atoms with Crippen LogP contribution < -0.4 is 0 Å². The predicted molar refractivity (Wildman–Crippen MR) is 96.3 cm³/mol. The third-order valence-corrected chi connectivity index (χ3v) is 5.70. The minimum absolute atomic E-state index is 0.0604. The molecular formula is C20H33FO5. The fraction of sp³-hybridized carbons (Fsp3) is 0.850. The molecule has 1 aliphatic carbocycles. The Morgan fingerprint density at radius 2 is 2.12 bits per heavy atom. The summed E-state index contributed by atoms with van der Waals surface area (Å²) in [6, 6.07) is 0. The lowest BCUT2D eigenvalue weighted by Crippen LogP contribution is -2.27. The van der Waals surface area contributed by atoms with Gasteiger partial charge in [0.2, 0.25) is 0 Å². The normalized spacial score (nSPS) is 33.2. The topological polar surface area (TPSA) is 87.0 Å². The molecule has 26 heavy (non-hydrogen) atoms. The highest BCUT2D eigenvalue weighted by Crippen LogP contribution is 2.48. The molecule has 0 spiro atoms. The molecule has 5 nitrogen and oxygen atoms in total. The number of aliphatic hydroxyl groups is 2. The van der Waals surface area contributed by atoms with Crippen molar-refractivity contribution in [2.24, 2.45) is 11.8 Å². The molecule has 2 aliphatic rings. The summed E-state index contributed by atoms with van der Waals surface area (Å²) in [4.78, 5) is 10.5. The quantitative estimate of drug-likeness (QED) is 0.483. The number of ether oxygens (including phenoxy) is 1. The molecule has 0 amide bonds. The van der Waals surface area contributed by atoms with Gasteiger partial charge in [0.1, 0.15) is 11.9 Å². The van der Waals surface area contributed by atoms with Crippen LogP contribution in [-0.2, 0) is 9.53 Å². The highest BCUT2D eigenvalue weighted by Gasteiger charge is 2.53. The number of alkyl halides is 1. The van der Waals surface area contributed by atoms with Crippen molar-refractivity contribution in [2.75, 3.05) is 0 Å². The van der Waals surface area contributed by atoms with E-state index in [1.165, 1.54) is 0 Å². The fourth-order valence-corrected chi connectivity index (χ4v) is 4.27. The van der Waals surface area contributed by atoms with E-state index in [-0.39, 0.29) is 30.5 Å². The third kappa shape index (κ3) is 5.68. The van der Waals surface area contributed by atoms with Crippen molar-refractivity contribution in [1.29, 1.82) is 0 Å². The summed E-state index contributed by atoms with van der Waals surface area (Å²) in [6.07, 6.45) is 5.70. The van der Waals surface area contributed by atoms with Crippen LogP contribution in [0, 0.1) is 11.8 Å². The number of aliphatic hydroxyl groups excluding tert-OH is 2. The van der Waals surface area contributed by atoms with Crippen molar-refractivity contribution in [1.82, 2.24) is 0 Å². The van der Waals surface area contributed by atoms with Gasteiger partial charge in [-0.25, -0.2) is 4.39 Å². The van der Waals surface area contributed by atoms with Gasteiger partial charge in [0.25, 0.3) is 0 Å². The monoisotopic (exact) mass is 372 g/mol. The Morgan fingerprint density at radius 3 is 2.81 bits per heavy atom. The molecule has 2 fully saturated rings. The van der Waals surface area contributed by atoms with Gasteiger partial charge in [-0.1, -0.05) is 26.2 Å². The second-order valence-corrected chi connectivity index (χ2v) is 7.72. The van der Waals surface area contributed by atoms with Gasteiger partial charge in [-0.05, 0) is 44.1 Å². The van der Waals surface area contributed by atoms with Gasteiger partial charge in [-0.15, -0.1) is 0 Å². The minimum Gasteiger partial charge on any atom is -0.491 e. The molecule has 0 radical (unpaired) electrons. The fourth-order valence-electron chi connectivity index (χ4n) is 4.27. The Hall–Kier alpha value is -1.14. The molecule has 6 atom stereocenters. The van der Waals surface area contributed by atoms with E-state index in [2.05, 4.69) is 6.92 Å². The molecule has 1 heterocycles. The zero-order valence-corrected chi connectivity index (χ0v) is 15.6. The van der Waals surface area contributed by atoms with E-state index in [4.69, 9.17) is 9.84 Å². The van der Waals surface area contributed by atoms with Crippen LogP contribution in [0.4, 0.5) is 4.39 Å². The first-order valence-electron chi connectivity index (χ1n) is 10.0. The molecule has 0 aromatic rings. The number of hydrogen-bond donors (Lipinski definition) is 3. The van der Waals surface area contributed by atoms with Crippen LogP contribution in [0.15, 0.2) is 11.8 Å². The largest absolute Gasteiger partial charge is 0.491 e. The number of carbonyl (C=O) groups is 1. The summed E-state index contributed by atoms with van der Waals surface area (Å²) in [5.74, 6) is -1.12. The zero-order valence-electron chi connectivity index (χ0n) is 15.6. The average molecular weight is 372 g/mol. The standard InChI is InChI=1S/C20H33FO5/c1-2-3-4-7-13(22)10-11-14-15(23)12-17-19(14)20(21)16(26-17)8-5-6-9-18(24)25/h8,13-15,17,19-20,22-23H,2-7,9-12H2,1H3,(H,24,25)/t13-,14-,15+,17+,19+,20+/m0/s1. The van der Waals surface area contributed by atoms with Gasteiger partial charge in [0.05, 0.1) is 12.2 Å². The van der Waals surface area contributed by atoms with Gasteiger partial charge in [0, 0.05) is 18.8 Å². The molecule has 1 aliphatic heterocycles. The molecule has 3 N–H and O–H groups in total. The van der Waals surface area contributed by atoms with Gasteiger partial charge in [-0.2, -0.15) is 0 Å². The summed E-state index contributed by atoms with van der Waals surface area (Å²) < 4.78 is 20.5. The Labute approximate surface area is 155 Å². The second-order valence-electron chi connectivity index (χ2n) is 7.72. The van der Waals surface area contributed by atoms with Crippen LogP contribution in [0.3, 0.4) is 0 Å². The van der Waals surface area contributed by atoms with Crippen LogP contribution in [0.2, 0.25) is 0 Å². The highest BCUT2D eigenvalue weighted by molar-refractivity contribution is 5.66. The first-order chi connectivity index (χ1) is 12.4. The number of fused-ring (bicyclic) bond motifs is 1. The van der Waals surface area contributed by atoms with Crippen molar-refractivity contribution in [2.45, 2.75) is 95.6 Å². The first kappa shape index (κ1) is 21.2. The number of hydrogen-bond acceptors (Lipinski definition) is 4. The molecule has 0 aromatic heterocycles. The van der Waals surface area contributed by atoms with Crippen LogP contribution in [0.5, 0.6) is 0 Å². The number of unbranched alkanes of at least 4 members (excludes halogenated alkanes) is 3. The molecule has 150 valence electrons. The zero-order chi connectivity index (χ0) is 19.1. The molecule has 1 saturated carbocycles. The lowest BCUT2D eigenvalue weighted by Gasteiger charge is -2.22. The molecule has 2 rings (SSSR count). The van der Waals surface area contributed by atoms with Crippen molar-refractivity contribution in [3.63, 3.8) is 0 Å². The van der Waals surface area contributed by atoms with Gasteiger partial charge >= 0.3 is 5.97 Å². The van der Waals surface area contributed by atoms with Crippen molar-refractivity contribution < 1.29 is 29.2 Å². The SMILES string of the molecule is CCCCC[C@H](O)CC[C@@H]1[C@H]2[C@H](F)C(=CCCCC(=O)O)O[C@@H]2C[C@H]1O. The molecule has 0 unspecified atom stereocenters. The van der Waals surface area contributed by atoms with E-state index >= 15 is 0 Å². The Morgan fingerprint density at radius 1 is 1.35 bits per heavy atom. The molecule has 0 aromatic carbocycles. The number of halogens is 1. The van der Waals surface area contributed by atoms with E-state index in [9.17, 15) is 19.4 Å². The summed E-state index contributed by atoms with van der Waals surface area (Å²) in [5, 5.41) is 29.0. The van der Waals surface area contributed by atoms with E-state index < -0.39 is 18.2 Å². The summed E-state index contributed by atoms with van der Waals surface area (Å²) in [5.41, 5.74) is 0. The van der Waals surface area contributed by atoms with Crippen LogP contribution in [0.25, 0.3) is 0 Å². The van der Waals surface area contributed by atoms with Crippen LogP contribution in [-0.4, -0.2) is 45.8 Å². The third-order valence-electron chi connectivity index (χ3n) is 5.70. The molecular weight excluding hydrogens is 339 g/mol. The summed E-state index contributed by atoms with van der Waals surface area (Å²) in [6.45, 7) is 2.12. The number of aliphatic carboxylic acids is 1. The van der Waals surface area contributed by atoms with Gasteiger partial charge in [0.15, 0.2) is 6.17 Å². The van der Waals surface area contributed by atoms with Crippen LogP contribution >= 0.6 is 0 Å². The van der Waals surface area contributed by atoms with Crippen molar-refractivity contribution in [3.8, 4) is 0 Å². The maximum atomic E-state index is 14.8. The Kier molecular flexibility index (Phi) is 8.35. The van der Waals surface area contributed by atoms with Crippen molar-refractivity contribution in [3.05, 3.63) is 11.8 Å². The molecule has 0 bridgehead atoms. The number of allylic oxidation sites excluding steroid dienone is 2. The van der Waals surface area contributed by atoms with E-state index in [1.54, 1.807) is 6.08 Å². The predicted octanol–water partition coefficient (Wildman–Crippen LogP) is 3.58. The maximum absolute atomic E-state index is 14.8. The highest BCUT2D eigenvalue weighted by atomic mass is 19.1. The molecule has 6 heteroatoms. The van der Waals surface area contributed by atoms with Crippen LogP contribution in [0.1, 0.15) is 71.1 Å². The lowest BCUT2D eigenvalue weighted by molar-refractivity contribution is -0.137. The number of carboxylic acids is 1. The lowest BCUT2D eigenvalue weighted by atomic mass is 9.85. The Bertz CT molecular complexity index is 481. The van der Waals surface area contributed by atoms with Gasteiger partial charge in [-0.3, -0.25) is 4.79 Å². The number of carboxylic acid groups (broad SMARTS) is 1. The summed E-state index contributed by atoms with van der Waals surface area (Å²) in [7, 11) is 0. The minimum atomic E-state index is -1.25. The smallest absolute Gasteiger partial charge is 0.303 e. The van der Waals surface area contributed by atoms with Gasteiger partial charge < -0.3 is 20.1 Å². The van der Waals surface area contributed by atoms with Crippen molar-refractivity contribution >= 4 is 5.97 Å². The average Bonchev–Trinajstić information content (AvgIpc) is 3.05. The maximum Gasteiger partial charge on any atom is 0.303 e. The molecule has 1 saturated heterocycles. The summed E-state index contributed by atoms with van der Waals surface area (Å²) >= 11 is 0. The Balaban J connectivity index is 1.84.